The van der Waals surface area contributed by atoms with E-state index in [0.29, 0.717) is 25.0 Å². The van der Waals surface area contributed by atoms with Crippen LogP contribution >= 0.6 is 0 Å². The van der Waals surface area contributed by atoms with E-state index in [1.54, 1.807) is 52.1 Å². The maximum atomic E-state index is 13.6. The number of carbonyl (C=O) groups is 2. The van der Waals surface area contributed by atoms with E-state index in [9.17, 15) is 31.2 Å². The molecule has 0 spiro atoms. The Hall–Kier alpha value is -3.91. The molecule has 0 atom stereocenters. The molecule has 3 rings (SSSR count). The summed E-state index contributed by atoms with van der Waals surface area (Å²) in [7, 11) is -0.679. The van der Waals surface area contributed by atoms with Crippen molar-refractivity contribution in [2.24, 2.45) is 4.99 Å². The van der Waals surface area contributed by atoms with Crippen molar-refractivity contribution >= 4 is 27.9 Å². The van der Waals surface area contributed by atoms with Crippen molar-refractivity contribution in [2.45, 2.75) is 44.0 Å². The zero-order valence-electron chi connectivity index (χ0n) is 24.8. The third kappa shape index (κ3) is 8.57. The van der Waals surface area contributed by atoms with E-state index >= 15 is 0 Å². The van der Waals surface area contributed by atoms with Crippen molar-refractivity contribution < 1.29 is 40.7 Å². The first-order valence-corrected chi connectivity index (χ1v) is 14.7. The SMILES string of the molecule is COc1ccc(S(=O)(=O)N(C)CC=CC(=O)N(C)Cc2ccc(C3=NCCN3C(=O)OC(C)(C)C)cc2)c(C(F)(F)F)c1. The van der Waals surface area contributed by atoms with Crippen molar-refractivity contribution in [1.82, 2.24) is 14.1 Å². The molecule has 14 heteroatoms. The molecule has 1 aliphatic rings. The van der Waals surface area contributed by atoms with E-state index < -0.39 is 44.3 Å². The largest absolute Gasteiger partial charge is 0.497 e. The summed E-state index contributed by atoms with van der Waals surface area (Å²) in [5.41, 5.74) is -0.482. The number of amidine groups is 1. The van der Waals surface area contributed by atoms with Crippen LogP contribution in [0.25, 0.3) is 0 Å². The van der Waals surface area contributed by atoms with Gasteiger partial charge in [-0.1, -0.05) is 30.3 Å². The number of hydrogen-bond donors (Lipinski definition) is 0. The minimum absolute atomic E-state index is 0.132. The Kier molecular flexibility index (Phi) is 10.3. The van der Waals surface area contributed by atoms with Crippen molar-refractivity contribution in [3.05, 3.63) is 71.3 Å². The summed E-state index contributed by atoms with van der Waals surface area (Å²) in [6.45, 7) is 6.12. The molecular formula is C29H35F3N4O6S. The third-order valence-corrected chi connectivity index (χ3v) is 8.15. The fraction of sp³-hybridized carbons (Fsp3) is 0.414. The quantitative estimate of drug-likeness (QED) is 0.379. The number of hydrogen-bond acceptors (Lipinski definition) is 7. The van der Waals surface area contributed by atoms with Crippen LogP contribution in [0.2, 0.25) is 0 Å². The molecule has 2 amide bonds. The highest BCUT2D eigenvalue weighted by atomic mass is 32.2. The third-order valence-electron chi connectivity index (χ3n) is 6.27. The monoisotopic (exact) mass is 624 g/mol. The van der Waals surface area contributed by atoms with E-state index in [1.165, 1.54) is 23.0 Å². The number of rotatable bonds is 9. The molecule has 0 saturated carbocycles. The molecule has 0 saturated heterocycles. The van der Waals surface area contributed by atoms with Crippen molar-refractivity contribution in [3.63, 3.8) is 0 Å². The predicted octanol–water partition coefficient (Wildman–Crippen LogP) is 4.55. The molecule has 0 N–H and O–H groups in total. The smallest absolute Gasteiger partial charge is 0.417 e. The van der Waals surface area contributed by atoms with E-state index in [1.807, 2.05) is 0 Å². The van der Waals surface area contributed by atoms with Crippen LogP contribution in [0.5, 0.6) is 5.75 Å². The van der Waals surface area contributed by atoms with Gasteiger partial charge >= 0.3 is 12.3 Å². The van der Waals surface area contributed by atoms with Gasteiger partial charge in [0.2, 0.25) is 15.9 Å². The molecule has 43 heavy (non-hydrogen) atoms. The van der Waals surface area contributed by atoms with Crippen LogP contribution < -0.4 is 4.74 Å². The van der Waals surface area contributed by atoms with E-state index in [0.717, 1.165) is 40.7 Å². The molecule has 1 aliphatic heterocycles. The Morgan fingerprint density at radius 1 is 1.07 bits per heavy atom. The minimum Gasteiger partial charge on any atom is -0.497 e. The van der Waals surface area contributed by atoms with Crippen LogP contribution in [0.1, 0.15) is 37.5 Å². The number of methoxy groups -OCH3 is 1. The second-order valence-electron chi connectivity index (χ2n) is 10.8. The molecule has 0 bridgehead atoms. The van der Waals surface area contributed by atoms with Gasteiger partial charge in [-0.25, -0.2) is 13.2 Å². The topological polar surface area (TPSA) is 109 Å². The number of likely N-dealkylation sites (N-methyl/N-ethyl adjacent to an activating group) is 2. The highest BCUT2D eigenvalue weighted by molar-refractivity contribution is 7.89. The Bertz CT molecular complexity index is 1500. The number of ether oxygens (including phenoxy) is 2. The lowest BCUT2D eigenvalue weighted by atomic mass is 10.1. The van der Waals surface area contributed by atoms with E-state index in [2.05, 4.69) is 4.99 Å². The molecule has 0 aliphatic carbocycles. The summed E-state index contributed by atoms with van der Waals surface area (Å²) < 4.78 is 77.5. The molecule has 0 unspecified atom stereocenters. The standard InChI is InChI=1S/C29H35F3N4O6S/c1-28(2,3)42-27(38)36-17-15-33-26(36)21-11-9-20(10-12-21)19-34(4)25(37)8-7-16-35(5)43(39,40)24-14-13-22(41-6)18-23(24)29(30,31)32/h7-14,18H,15-17,19H2,1-6H3. The summed E-state index contributed by atoms with van der Waals surface area (Å²) >= 11 is 0. The number of benzene rings is 2. The minimum atomic E-state index is -4.92. The first-order valence-electron chi connectivity index (χ1n) is 13.2. The van der Waals surface area contributed by atoms with E-state index in [4.69, 9.17) is 9.47 Å². The van der Waals surface area contributed by atoms with E-state index in [-0.39, 0.29) is 18.8 Å². The average molecular weight is 625 g/mol. The second-order valence-corrected chi connectivity index (χ2v) is 12.8. The average Bonchev–Trinajstić information content (AvgIpc) is 3.42. The summed E-state index contributed by atoms with van der Waals surface area (Å²) in [6, 6.07) is 9.78. The molecule has 10 nitrogen and oxygen atoms in total. The predicted molar refractivity (Wildman–Crippen MR) is 154 cm³/mol. The molecule has 2 aromatic carbocycles. The van der Waals surface area contributed by atoms with Crippen molar-refractivity contribution in [2.75, 3.05) is 40.8 Å². The first kappa shape index (κ1) is 33.6. The van der Waals surface area contributed by atoms with Gasteiger partial charge in [-0.3, -0.25) is 14.7 Å². The Morgan fingerprint density at radius 3 is 2.30 bits per heavy atom. The van der Waals surface area contributed by atoms with Crippen LogP contribution in [0, 0.1) is 0 Å². The second kappa shape index (κ2) is 13.2. The fourth-order valence-electron chi connectivity index (χ4n) is 4.08. The number of alkyl halides is 3. The first-order chi connectivity index (χ1) is 19.9. The highest BCUT2D eigenvalue weighted by Crippen LogP contribution is 2.37. The van der Waals surface area contributed by atoms with Crippen LogP contribution in [0.15, 0.2) is 64.5 Å². The van der Waals surface area contributed by atoms with Gasteiger partial charge in [0.25, 0.3) is 0 Å². The lowest BCUT2D eigenvalue weighted by Gasteiger charge is -2.25. The number of aliphatic imine (C=N–C) groups is 1. The normalized spacial score (nSPS) is 14.3. The van der Waals surface area contributed by atoms with Crippen LogP contribution in [-0.2, 0) is 32.3 Å². The van der Waals surface area contributed by atoms with Gasteiger partial charge in [-0.2, -0.15) is 17.5 Å². The van der Waals surface area contributed by atoms with Gasteiger partial charge in [0.1, 0.15) is 17.2 Å². The number of carbonyl (C=O) groups excluding carboxylic acids is 2. The van der Waals surface area contributed by atoms with Gasteiger partial charge in [0, 0.05) is 38.8 Å². The van der Waals surface area contributed by atoms with Crippen molar-refractivity contribution in [3.8, 4) is 5.75 Å². The lowest BCUT2D eigenvalue weighted by Crippen LogP contribution is -2.39. The summed E-state index contributed by atoms with van der Waals surface area (Å²) in [4.78, 5) is 31.6. The molecule has 0 radical (unpaired) electrons. The van der Waals surface area contributed by atoms with Crippen LogP contribution in [0.3, 0.4) is 0 Å². The Morgan fingerprint density at radius 2 is 1.72 bits per heavy atom. The number of halogens is 3. The zero-order chi connectivity index (χ0) is 32.2. The molecular weight excluding hydrogens is 589 g/mol. The Balaban J connectivity index is 1.62. The fourth-order valence-corrected chi connectivity index (χ4v) is 5.39. The molecule has 1 heterocycles. The van der Waals surface area contributed by atoms with Gasteiger partial charge in [0.15, 0.2) is 0 Å². The number of amides is 2. The van der Waals surface area contributed by atoms with Gasteiger partial charge in [-0.15, -0.1) is 0 Å². The maximum Gasteiger partial charge on any atom is 0.417 e. The van der Waals surface area contributed by atoms with Crippen LogP contribution in [-0.4, -0.2) is 86.8 Å². The zero-order valence-corrected chi connectivity index (χ0v) is 25.6. The molecule has 0 fully saturated rings. The van der Waals surface area contributed by atoms with Gasteiger partial charge in [-0.05, 0) is 44.5 Å². The maximum absolute atomic E-state index is 13.6. The summed E-state index contributed by atoms with van der Waals surface area (Å²) in [5, 5.41) is 0. The molecule has 2 aromatic rings. The highest BCUT2D eigenvalue weighted by Gasteiger charge is 2.39. The summed E-state index contributed by atoms with van der Waals surface area (Å²) in [5.74, 6) is -0.0667. The Labute approximate surface area is 249 Å². The number of sulfonamides is 1. The number of nitrogens with zero attached hydrogens (tertiary/aromatic N) is 4. The molecule has 234 valence electrons. The lowest BCUT2D eigenvalue weighted by molar-refractivity contribution is -0.140. The van der Waals surface area contributed by atoms with Gasteiger partial charge in [0.05, 0.1) is 30.7 Å². The van der Waals surface area contributed by atoms with Crippen molar-refractivity contribution in [1.29, 1.82) is 0 Å². The summed E-state index contributed by atoms with van der Waals surface area (Å²) in [6.07, 6.45) is -2.98. The van der Waals surface area contributed by atoms with Gasteiger partial charge < -0.3 is 14.4 Å². The molecule has 0 aromatic heterocycles. The van der Waals surface area contributed by atoms with Crippen LogP contribution in [0.4, 0.5) is 18.0 Å².